The van der Waals surface area contributed by atoms with Gasteiger partial charge in [0.25, 0.3) is 0 Å². The zero-order chi connectivity index (χ0) is 15.8. The second-order valence-corrected chi connectivity index (χ2v) is 7.66. The van der Waals surface area contributed by atoms with E-state index in [-0.39, 0.29) is 24.4 Å². The molecule has 5 heteroatoms. The monoisotopic (exact) mass is 438 g/mol. The Hall–Kier alpha value is -0.720. The number of epoxide rings is 2. The Morgan fingerprint density at radius 2 is 1.09 bits per heavy atom. The molecule has 0 spiro atoms. The van der Waals surface area contributed by atoms with E-state index in [1.54, 1.807) is 0 Å². The van der Waals surface area contributed by atoms with Gasteiger partial charge >= 0.3 is 0 Å². The molecule has 0 radical (unpaired) electrons. The molecule has 2 aromatic carbocycles. The highest BCUT2D eigenvalue weighted by Crippen LogP contribution is 2.40. The molecule has 0 aliphatic carbocycles. The minimum Gasteiger partial charge on any atom is -0.370 e. The molecule has 0 aromatic heterocycles. The van der Waals surface area contributed by atoms with E-state index in [0.29, 0.717) is 0 Å². The largest absolute Gasteiger partial charge is 0.370 e. The Labute approximate surface area is 152 Å². The third-order valence-electron chi connectivity index (χ3n) is 4.08. The van der Waals surface area contributed by atoms with Crippen molar-refractivity contribution in [3.05, 3.63) is 68.6 Å². The first-order chi connectivity index (χ1) is 11.2. The summed E-state index contributed by atoms with van der Waals surface area (Å²) in [4.78, 5) is 0. The molecule has 23 heavy (non-hydrogen) atoms. The lowest BCUT2D eigenvalue weighted by Crippen LogP contribution is -2.19. The average molecular weight is 440 g/mol. The van der Waals surface area contributed by atoms with Gasteiger partial charge in [0, 0.05) is 8.95 Å². The first kappa shape index (κ1) is 15.8. The van der Waals surface area contributed by atoms with E-state index in [9.17, 15) is 0 Å². The Kier molecular flexibility index (Phi) is 4.56. The van der Waals surface area contributed by atoms with Crippen molar-refractivity contribution in [2.45, 2.75) is 24.4 Å². The maximum atomic E-state index is 6.47. The average Bonchev–Trinajstić information content (AvgIpc) is 3.45. The Balaban J connectivity index is 1.58. The van der Waals surface area contributed by atoms with Crippen LogP contribution in [0, 0.1) is 0 Å². The summed E-state index contributed by atoms with van der Waals surface area (Å²) in [7, 11) is 0. The molecule has 2 heterocycles. The Bertz CT molecular complexity index is 604. The van der Waals surface area contributed by atoms with Gasteiger partial charge in [-0.1, -0.05) is 56.1 Å². The minimum absolute atomic E-state index is 0.0686. The summed E-state index contributed by atoms with van der Waals surface area (Å²) in [5, 5.41) is 0. The molecule has 2 aliphatic heterocycles. The van der Waals surface area contributed by atoms with E-state index < -0.39 is 0 Å². The highest BCUT2D eigenvalue weighted by atomic mass is 79.9. The van der Waals surface area contributed by atoms with Crippen LogP contribution in [0.4, 0.5) is 0 Å². The first-order valence-corrected chi connectivity index (χ1v) is 9.19. The molecule has 2 saturated heterocycles. The predicted molar refractivity (Wildman–Crippen MR) is 94.3 cm³/mol. The molecule has 3 nitrogen and oxygen atoms in total. The zero-order valence-corrected chi connectivity index (χ0v) is 15.5. The van der Waals surface area contributed by atoms with Crippen LogP contribution in [0.15, 0.2) is 57.5 Å². The predicted octanol–water partition coefficient (Wildman–Crippen LogP) is 4.81. The number of benzene rings is 2. The molecule has 0 N–H and O–H groups in total. The SMILES string of the molecule is Brc1ccc(C(OC(c2ccc(Br)cc2)C2CO2)C2CO2)cc1. The molecule has 0 amide bonds. The smallest absolute Gasteiger partial charge is 0.112 e. The van der Waals surface area contributed by atoms with Gasteiger partial charge in [0.15, 0.2) is 0 Å². The molecule has 0 saturated carbocycles. The van der Waals surface area contributed by atoms with Gasteiger partial charge in [0.1, 0.15) is 24.4 Å². The zero-order valence-electron chi connectivity index (χ0n) is 12.3. The van der Waals surface area contributed by atoms with Gasteiger partial charge in [-0.2, -0.15) is 0 Å². The highest BCUT2D eigenvalue weighted by Gasteiger charge is 2.42. The van der Waals surface area contributed by atoms with Crippen LogP contribution in [0.5, 0.6) is 0 Å². The van der Waals surface area contributed by atoms with Gasteiger partial charge in [-0.25, -0.2) is 0 Å². The first-order valence-electron chi connectivity index (χ1n) is 7.60. The molecule has 4 rings (SSSR count). The summed E-state index contributed by atoms with van der Waals surface area (Å²) in [5.41, 5.74) is 2.27. The van der Waals surface area contributed by atoms with Crippen molar-refractivity contribution in [1.29, 1.82) is 0 Å². The third kappa shape index (κ3) is 3.86. The van der Waals surface area contributed by atoms with Gasteiger partial charge in [-0.05, 0) is 35.4 Å². The molecular weight excluding hydrogens is 424 g/mol. The summed E-state index contributed by atoms with van der Waals surface area (Å²) < 4.78 is 19.6. The van der Waals surface area contributed by atoms with Gasteiger partial charge < -0.3 is 14.2 Å². The fraction of sp³-hybridized carbons (Fsp3) is 0.333. The molecule has 2 aliphatic rings. The van der Waals surface area contributed by atoms with Crippen molar-refractivity contribution < 1.29 is 14.2 Å². The van der Waals surface area contributed by atoms with Crippen LogP contribution in [0.25, 0.3) is 0 Å². The fourth-order valence-corrected chi connectivity index (χ4v) is 3.21. The number of ether oxygens (including phenoxy) is 3. The minimum atomic E-state index is -0.0686. The van der Waals surface area contributed by atoms with Gasteiger partial charge in [-0.15, -0.1) is 0 Å². The molecule has 2 fully saturated rings. The standard InChI is InChI=1S/C18H16Br2O3/c19-13-5-1-11(2-6-13)17(15-9-21-15)23-18(16-10-22-16)12-3-7-14(20)8-4-12/h1-8,15-18H,9-10H2. The van der Waals surface area contributed by atoms with Crippen molar-refractivity contribution in [2.75, 3.05) is 13.2 Å². The Morgan fingerprint density at radius 1 is 0.739 bits per heavy atom. The van der Waals surface area contributed by atoms with Crippen LogP contribution >= 0.6 is 31.9 Å². The van der Waals surface area contributed by atoms with Crippen LogP contribution in [-0.2, 0) is 14.2 Å². The van der Waals surface area contributed by atoms with Crippen molar-refractivity contribution in [2.24, 2.45) is 0 Å². The van der Waals surface area contributed by atoms with Gasteiger partial charge in [0.2, 0.25) is 0 Å². The molecule has 120 valence electrons. The molecule has 4 unspecified atom stereocenters. The number of rotatable bonds is 6. The quantitative estimate of drug-likeness (QED) is 0.605. The Morgan fingerprint density at radius 3 is 1.39 bits per heavy atom. The van der Waals surface area contributed by atoms with E-state index in [1.165, 1.54) is 0 Å². The lowest BCUT2D eigenvalue weighted by atomic mass is 10.0. The second kappa shape index (κ2) is 6.65. The van der Waals surface area contributed by atoms with Crippen molar-refractivity contribution in [3.8, 4) is 0 Å². The lowest BCUT2D eigenvalue weighted by molar-refractivity contribution is -0.0419. The van der Waals surface area contributed by atoms with E-state index in [2.05, 4.69) is 56.1 Å². The topological polar surface area (TPSA) is 34.3 Å². The molecule has 2 aromatic rings. The van der Waals surface area contributed by atoms with E-state index in [0.717, 1.165) is 33.3 Å². The van der Waals surface area contributed by atoms with E-state index >= 15 is 0 Å². The summed E-state index contributed by atoms with van der Waals surface area (Å²) in [6, 6.07) is 16.5. The summed E-state index contributed by atoms with van der Waals surface area (Å²) in [6.07, 6.45) is 0.127. The molecule has 4 atom stereocenters. The van der Waals surface area contributed by atoms with Crippen LogP contribution in [-0.4, -0.2) is 25.4 Å². The van der Waals surface area contributed by atoms with Gasteiger partial charge in [0.05, 0.1) is 13.2 Å². The highest BCUT2D eigenvalue weighted by molar-refractivity contribution is 9.10. The number of halogens is 2. The number of hydrogen-bond donors (Lipinski definition) is 0. The third-order valence-corrected chi connectivity index (χ3v) is 5.14. The normalized spacial score (nSPS) is 25.0. The summed E-state index contributed by atoms with van der Waals surface area (Å²) in [6.45, 7) is 1.50. The maximum Gasteiger partial charge on any atom is 0.112 e. The number of hydrogen-bond acceptors (Lipinski definition) is 3. The van der Waals surface area contributed by atoms with Gasteiger partial charge in [-0.3, -0.25) is 0 Å². The van der Waals surface area contributed by atoms with Crippen molar-refractivity contribution in [3.63, 3.8) is 0 Å². The van der Waals surface area contributed by atoms with Crippen LogP contribution in [0.2, 0.25) is 0 Å². The lowest BCUT2D eigenvalue weighted by Gasteiger charge is -2.24. The van der Waals surface area contributed by atoms with Crippen molar-refractivity contribution >= 4 is 31.9 Å². The summed E-state index contributed by atoms with van der Waals surface area (Å²) >= 11 is 6.96. The fourth-order valence-electron chi connectivity index (χ4n) is 2.69. The van der Waals surface area contributed by atoms with E-state index in [4.69, 9.17) is 14.2 Å². The van der Waals surface area contributed by atoms with E-state index in [1.807, 2.05) is 24.3 Å². The van der Waals surface area contributed by atoms with Crippen LogP contribution in [0.1, 0.15) is 23.3 Å². The summed E-state index contributed by atoms with van der Waals surface area (Å²) in [5.74, 6) is 0. The van der Waals surface area contributed by atoms with Crippen LogP contribution < -0.4 is 0 Å². The molecule has 0 bridgehead atoms. The maximum absolute atomic E-state index is 6.47. The second-order valence-electron chi connectivity index (χ2n) is 5.82. The van der Waals surface area contributed by atoms with Crippen molar-refractivity contribution in [1.82, 2.24) is 0 Å². The van der Waals surface area contributed by atoms with Crippen LogP contribution in [0.3, 0.4) is 0 Å². The molecular formula is C18H16Br2O3.